The molecule has 0 aliphatic heterocycles. The molecule has 3 aromatic carbocycles. The smallest absolute Gasteiger partial charge is 0.224 e. The standard InChI is InChI=1S/C32H42ClFN2O4Si/c1-21(35-20-30(40-41(5,6)32(2,3)4)25-15-27(37)18-28(38)16-25)12-22-8-7-9-23(13-22)14-31(39)36-19-24-10-11-26(34)17-29(24)33/h7-11,13,15-18,21,30,35,37-38H,12,14,19-20H2,1-6H3,(H,36,39). The highest BCUT2D eigenvalue weighted by molar-refractivity contribution is 6.74. The molecule has 2 atom stereocenters. The average Bonchev–Trinajstić information content (AvgIpc) is 2.85. The molecule has 9 heteroatoms. The van der Waals surface area contributed by atoms with E-state index < -0.39 is 14.1 Å². The Bertz CT molecular complexity index is 1330. The van der Waals surface area contributed by atoms with E-state index in [9.17, 15) is 19.4 Å². The van der Waals surface area contributed by atoms with Gasteiger partial charge in [-0.25, -0.2) is 4.39 Å². The second kappa shape index (κ2) is 13.8. The SMILES string of the molecule is CC(Cc1cccc(CC(=O)NCc2ccc(F)cc2Cl)c1)NCC(O[Si](C)(C)C(C)(C)C)c1cc(O)cc(O)c1. The van der Waals surface area contributed by atoms with Gasteiger partial charge in [0.15, 0.2) is 8.32 Å². The summed E-state index contributed by atoms with van der Waals surface area (Å²) >= 11 is 6.06. The van der Waals surface area contributed by atoms with E-state index in [-0.39, 0.29) is 52.6 Å². The van der Waals surface area contributed by atoms with Crippen LogP contribution in [0.2, 0.25) is 23.2 Å². The second-order valence-electron chi connectivity index (χ2n) is 12.2. The maximum Gasteiger partial charge on any atom is 0.224 e. The summed E-state index contributed by atoms with van der Waals surface area (Å²) in [5.41, 5.74) is 3.37. The summed E-state index contributed by atoms with van der Waals surface area (Å²) < 4.78 is 20.0. The third kappa shape index (κ3) is 9.85. The minimum absolute atomic E-state index is 0.00139. The van der Waals surface area contributed by atoms with Crippen LogP contribution in [-0.2, 0) is 28.6 Å². The first-order chi connectivity index (χ1) is 19.1. The number of aromatic hydroxyl groups is 2. The summed E-state index contributed by atoms with van der Waals surface area (Å²) in [6, 6.07) is 16.7. The molecule has 1 amide bonds. The lowest BCUT2D eigenvalue weighted by Gasteiger charge is -2.39. The highest BCUT2D eigenvalue weighted by Gasteiger charge is 2.39. The average molecular weight is 601 g/mol. The van der Waals surface area contributed by atoms with Gasteiger partial charge in [0, 0.05) is 30.2 Å². The number of halogens is 2. The zero-order chi connectivity index (χ0) is 30.4. The van der Waals surface area contributed by atoms with Crippen LogP contribution in [-0.4, -0.2) is 37.0 Å². The molecule has 0 aliphatic rings. The van der Waals surface area contributed by atoms with Gasteiger partial charge in [0.25, 0.3) is 0 Å². The highest BCUT2D eigenvalue weighted by atomic mass is 35.5. The summed E-state index contributed by atoms with van der Waals surface area (Å²) in [4.78, 5) is 12.6. The molecule has 222 valence electrons. The Morgan fingerprint density at radius 3 is 2.32 bits per heavy atom. The van der Waals surface area contributed by atoms with E-state index >= 15 is 0 Å². The van der Waals surface area contributed by atoms with Crippen molar-refractivity contribution in [3.05, 3.63) is 93.8 Å². The lowest BCUT2D eigenvalue weighted by atomic mass is 10.0. The number of phenols is 2. The number of rotatable bonds is 12. The molecule has 4 N–H and O–H groups in total. The molecule has 0 aliphatic carbocycles. The zero-order valence-electron chi connectivity index (χ0n) is 24.7. The fraction of sp³-hybridized carbons (Fsp3) is 0.406. The van der Waals surface area contributed by atoms with Crippen molar-refractivity contribution in [3.8, 4) is 11.5 Å². The predicted octanol–water partition coefficient (Wildman–Crippen LogP) is 7.03. The van der Waals surface area contributed by atoms with E-state index in [2.05, 4.69) is 51.4 Å². The number of hydrogen-bond acceptors (Lipinski definition) is 5. The first-order valence-corrected chi connectivity index (χ1v) is 17.1. The molecule has 2 unspecified atom stereocenters. The van der Waals surface area contributed by atoms with Gasteiger partial charge in [0.05, 0.1) is 12.5 Å². The van der Waals surface area contributed by atoms with Crippen LogP contribution in [0.5, 0.6) is 11.5 Å². The van der Waals surface area contributed by atoms with E-state index in [1.807, 2.05) is 24.3 Å². The van der Waals surface area contributed by atoms with E-state index in [0.717, 1.165) is 23.1 Å². The van der Waals surface area contributed by atoms with Crippen molar-refractivity contribution >= 4 is 25.8 Å². The third-order valence-corrected chi connectivity index (χ3v) is 12.4. The quantitative estimate of drug-likeness (QED) is 0.168. The van der Waals surface area contributed by atoms with Gasteiger partial charge in [0.1, 0.15) is 17.3 Å². The summed E-state index contributed by atoms with van der Waals surface area (Å²) in [6.45, 7) is 13.7. The van der Waals surface area contributed by atoms with Gasteiger partial charge >= 0.3 is 0 Å². The van der Waals surface area contributed by atoms with Crippen LogP contribution in [0, 0.1) is 5.82 Å². The van der Waals surface area contributed by atoms with Crippen molar-refractivity contribution < 1.29 is 23.8 Å². The van der Waals surface area contributed by atoms with Crippen LogP contribution in [0.15, 0.2) is 60.7 Å². The van der Waals surface area contributed by atoms with Gasteiger partial charge in [-0.05, 0) is 78.0 Å². The normalized spacial score (nSPS) is 13.6. The monoisotopic (exact) mass is 600 g/mol. The van der Waals surface area contributed by atoms with Crippen LogP contribution in [0.4, 0.5) is 4.39 Å². The number of carbonyl (C=O) groups is 1. The van der Waals surface area contributed by atoms with Crippen LogP contribution in [0.25, 0.3) is 0 Å². The van der Waals surface area contributed by atoms with Gasteiger partial charge in [-0.1, -0.05) is 62.7 Å². The molecule has 0 saturated heterocycles. The number of amides is 1. The predicted molar refractivity (Wildman–Crippen MR) is 165 cm³/mol. The maximum absolute atomic E-state index is 13.3. The van der Waals surface area contributed by atoms with Gasteiger partial charge in [-0.15, -0.1) is 0 Å². The lowest BCUT2D eigenvalue weighted by Crippen LogP contribution is -2.44. The number of carbonyl (C=O) groups excluding carboxylic acids is 1. The van der Waals surface area contributed by atoms with Crippen molar-refractivity contribution in [2.45, 2.75) is 77.4 Å². The van der Waals surface area contributed by atoms with Crippen molar-refractivity contribution in [2.24, 2.45) is 0 Å². The molecule has 0 spiro atoms. The summed E-state index contributed by atoms with van der Waals surface area (Å²) in [7, 11) is -2.15. The van der Waals surface area contributed by atoms with Crippen LogP contribution in [0.1, 0.15) is 56.1 Å². The highest BCUT2D eigenvalue weighted by Crippen LogP contribution is 2.40. The van der Waals surface area contributed by atoms with Gasteiger partial charge < -0.3 is 25.3 Å². The van der Waals surface area contributed by atoms with Gasteiger partial charge in [0.2, 0.25) is 5.91 Å². The third-order valence-electron chi connectivity index (χ3n) is 7.58. The molecule has 41 heavy (non-hydrogen) atoms. The largest absolute Gasteiger partial charge is 0.508 e. The first-order valence-electron chi connectivity index (χ1n) is 13.9. The summed E-state index contributed by atoms with van der Waals surface area (Å²) in [5, 5.41) is 26.9. The lowest BCUT2D eigenvalue weighted by molar-refractivity contribution is -0.120. The number of phenolic OH excluding ortho intramolecular Hbond substituents is 2. The minimum atomic E-state index is -2.15. The van der Waals surface area contributed by atoms with Crippen molar-refractivity contribution in [1.82, 2.24) is 10.6 Å². The number of benzene rings is 3. The number of hydrogen-bond donors (Lipinski definition) is 4. The maximum atomic E-state index is 13.3. The van der Waals surface area contributed by atoms with Crippen molar-refractivity contribution in [3.63, 3.8) is 0 Å². The van der Waals surface area contributed by atoms with Gasteiger partial charge in [-0.2, -0.15) is 0 Å². The Hall–Kier alpha value is -2.91. The zero-order valence-corrected chi connectivity index (χ0v) is 26.5. The first kappa shape index (κ1) is 32.6. The second-order valence-corrected chi connectivity index (χ2v) is 17.3. The molecule has 0 saturated carbocycles. The van der Waals surface area contributed by atoms with E-state index in [1.54, 1.807) is 18.2 Å². The van der Waals surface area contributed by atoms with E-state index in [4.69, 9.17) is 16.0 Å². The Balaban J connectivity index is 1.61. The molecule has 0 radical (unpaired) electrons. The Kier molecular flexibility index (Phi) is 11.0. The van der Waals surface area contributed by atoms with Gasteiger partial charge in [-0.3, -0.25) is 4.79 Å². The van der Waals surface area contributed by atoms with E-state index in [1.165, 1.54) is 18.2 Å². The van der Waals surface area contributed by atoms with Crippen LogP contribution in [0.3, 0.4) is 0 Å². The Morgan fingerprint density at radius 2 is 1.68 bits per heavy atom. The van der Waals surface area contributed by atoms with E-state index in [0.29, 0.717) is 12.1 Å². The van der Waals surface area contributed by atoms with Crippen LogP contribution >= 0.6 is 11.6 Å². The molecular formula is C32H42ClFN2O4Si. The molecular weight excluding hydrogens is 559 g/mol. The topological polar surface area (TPSA) is 90.8 Å². The van der Waals surface area contributed by atoms with Crippen molar-refractivity contribution in [2.75, 3.05) is 6.54 Å². The molecule has 0 heterocycles. The number of nitrogens with one attached hydrogen (secondary N) is 2. The Morgan fingerprint density at radius 1 is 1.02 bits per heavy atom. The molecule has 6 nitrogen and oxygen atoms in total. The summed E-state index contributed by atoms with van der Waals surface area (Å²) in [5.74, 6) is -0.561. The Labute approximate surface area is 249 Å². The molecule has 3 rings (SSSR count). The fourth-order valence-corrected chi connectivity index (χ4v) is 5.79. The summed E-state index contributed by atoms with van der Waals surface area (Å²) in [6.07, 6.45) is 0.609. The molecule has 0 fully saturated rings. The molecule has 0 bridgehead atoms. The van der Waals surface area contributed by atoms with Crippen LogP contribution < -0.4 is 10.6 Å². The molecule has 3 aromatic rings. The van der Waals surface area contributed by atoms with Crippen molar-refractivity contribution in [1.29, 1.82) is 0 Å². The fourth-order valence-electron chi connectivity index (χ4n) is 4.27. The minimum Gasteiger partial charge on any atom is -0.508 e. The molecule has 0 aromatic heterocycles.